The fraction of sp³-hybridized carbons (Fsp3) is 0.667. The Morgan fingerprint density at radius 2 is 1.96 bits per heavy atom. The zero-order valence-corrected chi connectivity index (χ0v) is 14.8. The number of sulfonamides is 1. The van der Waals surface area contributed by atoms with E-state index in [1.54, 1.807) is 7.05 Å². The van der Waals surface area contributed by atoms with Crippen molar-refractivity contribution < 1.29 is 8.42 Å². The Morgan fingerprint density at radius 1 is 1.21 bits per heavy atom. The smallest absolute Gasteiger partial charge is 0.258 e. The molecule has 1 saturated carbocycles. The summed E-state index contributed by atoms with van der Waals surface area (Å²) in [6, 6.07) is 0.420. The summed E-state index contributed by atoms with van der Waals surface area (Å²) in [5, 5.41) is 12.9. The fourth-order valence-electron chi connectivity index (χ4n) is 3.56. The zero-order valence-electron chi connectivity index (χ0n) is 14.0. The van der Waals surface area contributed by atoms with Gasteiger partial charge >= 0.3 is 0 Å². The number of aryl methyl sites for hydroxylation is 3. The maximum absolute atomic E-state index is 12.8. The van der Waals surface area contributed by atoms with Crippen molar-refractivity contribution in [2.75, 3.05) is 0 Å². The highest BCUT2D eigenvalue weighted by atomic mass is 32.2. The minimum absolute atomic E-state index is 0.152. The number of hydrogen-bond donors (Lipinski definition) is 1. The van der Waals surface area contributed by atoms with Crippen molar-refractivity contribution in [3.8, 4) is 0 Å². The molecule has 4 rings (SSSR count). The second-order valence-corrected chi connectivity index (χ2v) is 8.33. The van der Waals surface area contributed by atoms with E-state index >= 15 is 0 Å². The van der Waals surface area contributed by atoms with Crippen molar-refractivity contribution >= 4 is 10.0 Å². The molecule has 2 aromatic heterocycles. The van der Waals surface area contributed by atoms with Gasteiger partial charge in [0.1, 0.15) is 11.6 Å². The standard InChI is InChI=1S/C15H22N6O2S/c1-10-17-18-14(21(10)11-7-8-11)9-16-24(22,23)15-12-5-3-4-6-13(12)19-20(15)2/h11,16H,3-9H2,1-2H3. The Labute approximate surface area is 141 Å². The van der Waals surface area contributed by atoms with Crippen molar-refractivity contribution in [1.82, 2.24) is 29.3 Å². The molecule has 2 heterocycles. The van der Waals surface area contributed by atoms with E-state index in [9.17, 15) is 8.42 Å². The van der Waals surface area contributed by atoms with Gasteiger partial charge in [0.25, 0.3) is 10.0 Å². The average molecular weight is 350 g/mol. The van der Waals surface area contributed by atoms with Crippen LogP contribution in [-0.2, 0) is 36.5 Å². The molecule has 2 aromatic rings. The number of fused-ring (bicyclic) bond motifs is 1. The van der Waals surface area contributed by atoms with Crippen LogP contribution in [0.25, 0.3) is 0 Å². The molecule has 0 saturated heterocycles. The maximum Gasteiger partial charge on any atom is 0.258 e. The monoisotopic (exact) mass is 350 g/mol. The summed E-state index contributed by atoms with van der Waals surface area (Å²) in [7, 11) is -1.93. The van der Waals surface area contributed by atoms with Gasteiger partial charge in [-0.15, -0.1) is 10.2 Å². The summed E-state index contributed by atoms with van der Waals surface area (Å²) < 4.78 is 31.9. The van der Waals surface area contributed by atoms with Crippen LogP contribution in [0.1, 0.15) is 54.6 Å². The molecule has 2 aliphatic carbocycles. The van der Waals surface area contributed by atoms with E-state index in [0.717, 1.165) is 55.6 Å². The molecule has 0 atom stereocenters. The van der Waals surface area contributed by atoms with Crippen molar-refractivity contribution in [3.63, 3.8) is 0 Å². The topological polar surface area (TPSA) is 94.7 Å². The van der Waals surface area contributed by atoms with Gasteiger partial charge in [-0.3, -0.25) is 4.68 Å². The second-order valence-electron chi connectivity index (χ2n) is 6.65. The van der Waals surface area contributed by atoms with Crippen LogP contribution in [0.4, 0.5) is 0 Å². The van der Waals surface area contributed by atoms with E-state index in [4.69, 9.17) is 0 Å². The maximum atomic E-state index is 12.8. The largest absolute Gasteiger partial charge is 0.311 e. The van der Waals surface area contributed by atoms with Gasteiger partial charge in [0.05, 0.1) is 12.2 Å². The van der Waals surface area contributed by atoms with Crippen LogP contribution in [0.5, 0.6) is 0 Å². The van der Waals surface area contributed by atoms with Gasteiger partial charge in [-0.25, -0.2) is 13.1 Å². The molecule has 0 unspecified atom stereocenters. The van der Waals surface area contributed by atoms with E-state index in [2.05, 4.69) is 20.0 Å². The van der Waals surface area contributed by atoms with Crippen molar-refractivity contribution in [2.45, 2.75) is 63.1 Å². The number of nitrogens with zero attached hydrogens (tertiary/aromatic N) is 5. The van der Waals surface area contributed by atoms with Gasteiger partial charge in [0.15, 0.2) is 5.03 Å². The van der Waals surface area contributed by atoms with Gasteiger partial charge in [0, 0.05) is 18.7 Å². The number of aromatic nitrogens is 5. The van der Waals surface area contributed by atoms with Crippen molar-refractivity contribution in [2.24, 2.45) is 7.05 Å². The minimum Gasteiger partial charge on any atom is -0.311 e. The Hall–Kier alpha value is -1.74. The molecule has 0 aliphatic heterocycles. The van der Waals surface area contributed by atoms with Gasteiger partial charge in [-0.1, -0.05) is 0 Å². The molecule has 1 fully saturated rings. The minimum atomic E-state index is -3.63. The Balaban J connectivity index is 1.60. The fourth-order valence-corrected chi connectivity index (χ4v) is 4.95. The highest BCUT2D eigenvalue weighted by Crippen LogP contribution is 2.36. The van der Waals surface area contributed by atoms with E-state index in [0.29, 0.717) is 16.9 Å². The summed E-state index contributed by atoms with van der Waals surface area (Å²) in [5.74, 6) is 1.51. The Kier molecular flexibility index (Phi) is 3.72. The SMILES string of the molecule is Cc1nnc(CNS(=O)(=O)c2c3c(nn2C)CCCC3)n1C1CC1. The Morgan fingerprint density at radius 3 is 2.71 bits per heavy atom. The zero-order chi connectivity index (χ0) is 16.9. The van der Waals surface area contributed by atoms with Gasteiger partial charge in [-0.05, 0) is 45.4 Å². The molecule has 2 aliphatic rings. The highest BCUT2D eigenvalue weighted by Gasteiger charge is 2.31. The molecular formula is C15H22N6O2S. The first kappa shape index (κ1) is 15.8. The van der Waals surface area contributed by atoms with Crippen LogP contribution < -0.4 is 4.72 Å². The van der Waals surface area contributed by atoms with Crippen LogP contribution in [0.15, 0.2) is 5.03 Å². The third kappa shape index (κ3) is 2.65. The van der Waals surface area contributed by atoms with E-state index in [-0.39, 0.29) is 6.54 Å². The molecule has 9 heteroatoms. The molecule has 0 amide bonds. The van der Waals surface area contributed by atoms with Crippen LogP contribution in [0.2, 0.25) is 0 Å². The molecule has 0 aromatic carbocycles. The molecule has 1 N–H and O–H groups in total. The molecule has 24 heavy (non-hydrogen) atoms. The number of nitrogens with one attached hydrogen (secondary N) is 1. The lowest BCUT2D eigenvalue weighted by molar-refractivity contribution is 0.554. The summed E-state index contributed by atoms with van der Waals surface area (Å²) >= 11 is 0. The molecule has 0 radical (unpaired) electrons. The van der Waals surface area contributed by atoms with Crippen LogP contribution in [-0.4, -0.2) is 33.0 Å². The summed E-state index contributed by atoms with van der Waals surface area (Å²) in [5.41, 5.74) is 1.79. The normalized spacial score (nSPS) is 17.9. The van der Waals surface area contributed by atoms with Crippen LogP contribution in [0, 0.1) is 6.92 Å². The lowest BCUT2D eigenvalue weighted by Gasteiger charge is -2.13. The van der Waals surface area contributed by atoms with Gasteiger partial charge in [-0.2, -0.15) is 5.10 Å². The third-order valence-corrected chi connectivity index (χ3v) is 6.33. The summed E-state index contributed by atoms with van der Waals surface area (Å²) in [6.07, 6.45) is 5.92. The van der Waals surface area contributed by atoms with E-state index in [1.807, 2.05) is 11.5 Å². The predicted octanol–water partition coefficient (Wildman–Crippen LogP) is 1.01. The number of rotatable bonds is 5. The van der Waals surface area contributed by atoms with Crippen molar-refractivity contribution in [1.29, 1.82) is 0 Å². The molecule has 8 nitrogen and oxygen atoms in total. The van der Waals surface area contributed by atoms with Gasteiger partial charge in [0.2, 0.25) is 0 Å². The summed E-state index contributed by atoms with van der Waals surface area (Å²) in [6.45, 7) is 2.06. The average Bonchev–Trinajstić information content (AvgIpc) is 3.21. The summed E-state index contributed by atoms with van der Waals surface area (Å²) in [4.78, 5) is 0. The first-order valence-corrected chi connectivity index (χ1v) is 9.90. The highest BCUT2D eigenvalue weighted by molar-refractivity contribution is 7.89. The molecule has 0 bridgehead atoms. The quantitative estimate of drug-likeness (QED) is 0.868. The van der Waals surface area contributed by atoms with Crippen molar-refractivity contribution in [3.05, 3.63) is 22.9 Å². The first-order valence-electron chi connectivity index (χ1n) is 8.42. The first-order chi connectivity index (χ1) is 11.5. The third-order valence-electron chi connectivity index (χ3n) is 4.79. The van der Waals surface area contributed by atoms with Crippen LogP contribution >= 0.6 is 0 Å². The predicted molar refractivity (Wildman–Crippen MR) is 86.9 cm³/mol. The van der Waals surface area contributed by atoms with Gasteiger partial charge < -0.3 is 4.57 Å². The molecule has 0 spiro atoms. The number of hydrogen-bond acceptors (Lipinski definition) is 5. The van der Waals surface area contributed by atoms with E-state index in [1.165, 1.54) is 4.68 Å². The molecule has 130 valence electrons. The van der Waals surface area contributed by atoms with E-state index < -0.39 is 10.0 Å². The van der Waals surface area contributed by atoms with Crippen LogP contribution in [0.3, 0.4) is 0 Å². The Bertz CT molecular complexity index is 878. The lowest BCUT2D eigenvalue weighted by Crippen LogP contribution is -2.28. The second kappa shape index (κ2) is 5.66. The lowest BCUT2D eigenvalue weighted by atomic mass is 9.99. The molecular weight excluding hydrogens is 328 g/mol.